The Morgan fingerprint density at radius 2 is 2.09 bits per heavy atom. The Balaban J connectivity index is 1.89. The lowest BCUT2D eigenvalue weighted by Crippen LogP contribution is -2.30. The number of amides is 1. The number of hydrogen-bond donors (Lipinski definition) is 0. The fourth-order valence-corrected chi connectivity index (χ4v) is 3.10. The number of carbonyl (C=O) groups excluding carboxylic acids is 1. The van der Waals surface area contributed by atoms with Crippen molar-refractivity contribution in [3.63, 3.8) is 0 Å². The maximum atomic E-state index is 13.5. The summed E-state index contributed by atoms with van der Waals surface area (Å²) >= 11 is 1.59. The molecule has 2 aromatic heterocycles. The topological polar surface area (TPSA) is 33.5 Å². The van der Waals surface area contributed by atoms with Crippen LogP contribution in [0.5, 0.6) is 0 Å². The standard InChI is InChI=1S/C18H16FNO2S/c1-13-6-7-14(19)10-17(13)18(21)20(11-15-4-2-8-22-15)12-16-5-3-9-23-16/h2-10H,11-12H2,1H3. The molecule has 0 aliphatic rings. The van der Waals surface area contributed by atoms with Gasteiger partial charge in [-0.2, -0.15) is 0 Å². The zero-order chi connectivity index (χ0) is 16.2. The number of carbonyl (C=O) groups is 1. The van der Waals surface area contributed by atoms with E-state index in [9.17, 15) is 9.18 Å². The second-order valence-corrected chi connectivity index (χ2v) is 6.31. The average Bonchev–Trinajstić information content (AvgIpc) is 3.22. The minimum Gasteiger partial charge on any atom is -0.467 e. The first kappa shape index (κ1) is 15.5. The quantitative estimate of drug-likeness (QED) is 0.684. The van der Waals surface area contributed by atoms with Gasteiger partial charge in [-0.05, 0) is 48.2 Å². The van der Waals surface area contributed by atoms with Crippen molar-refractivity contribution >= 4 is 17.2 Å². The lowest BCUT2D eigenvalue weighted by molar-refractivity contribution is 0.0718. The molecule has 3 nitrogen and oxygen atoms in total. The van der Waals surface area contributed by atoms with Gasteiger partial charge in [-0.25, -0.2) is 4.39 Å². The van der Waals surface area contributed by atoms with Crippen LogP contribution in [0, 0.1) is 12.7 Å². The first-order valence-corrected chi connectivity index (χ1v) is 8.11. The Morgan fingerprint density at radius 3 is 2.78 bits per heavy atom. The Bertz CT molecular complexity index is 745. The summed E-state index contributed by atoms with van der Waals surface area (Å²) in [7, 11) is 0. The molecule has 0 bridgehead atoms. The van der Waals surface area contributed by atoms with E-state index in [1.54, 1.807) is 34.6 Å². The van der Waals surface area contributed by atoms with Crippen LogP contribution in [-0.4, -0.2) is 10.8 Å². The van der Waals surface area contributed by atoms with Crippen LogP contribution in [0.4, 0.5) is 4.39 Å². The molecule has 23 heavy (non-hydrogen) atoms. The minimum atomic E-state index is -0.409. The van der Waals surface area contributed by atoms with Gasteiger partial charge in [0.2, 0.25) is 0 Å². The van der Waals surface area contributed by atoms with E-state index in [0.29, 0.717) is 24.4 Å². The number of rotatable bonds is 5. The van der Waals surface area contributed by atoms with E-state index >= 15 is 0 Å². The molecule has 0 unspecified atom stereocenters. The Hall–Kier alpha value is -2.40. The summed E-state index contributed by atoms with van der Waals surface area (Å²) in [5, 5.41) is 1.97. The molecule has 2 heterocycles. The summed E-state index contributed by atoms with van der Waals surface area (Å²) in [6, 6.07) is 11.8. The average molecular weight is 329 g/mol. The SMILES string of the molecule is Cc1ccc(F)cc1C(=O)N(Cc1ccco1)Cc1cccs1. The van der Waals surface area contributed by atoms with E-state index < -0.39 is 5.82 Å². The molecule has 0 atom stereocenters. The highest BCUT2D eigenvalue weighted by molar-refractivity contribution is 7.09. The van der Waals surface area contributed by atoms with Crippen molar-refractivity contribution in [2.75, 3.05) is 0 Å². The number of halogens is 1. The zero-order valence-electron chi connectivity index (χ0n) is 12.7. The maximum absolute atomic E-state index is 13.5. The van der Waals surface area contributed by atoms with Crippen LogP contribution < -0.4 is 0 Å². The monoisotopic (exact) mass is 329 g/mol. The van der Waals surface area contributed by atoms with Gasteiger partial charge in [0.25, 0.3) is 5.91 Å². The minimum absolute atomic E-state index is 0.202. The van der Waals surface area contributed by atoms with Crippen molar-refractivity contribution in [1.82, 2.24) is 4.90 Å². The predicted molar refractivity (Wildman–Crippen MR) is 87.7 cm³/mol. The molecule has 3 aromatic rings. The van der Waals surface area contributed by atoms with Gasteiger partial charge in [0, 0.05) is 10.4 Å². The van der Waals surface area contributed by atoms with Crippen LogP contribution in [0.15, 0.2) is 58.5 Å². The molecule has 1 amide bonds. The molecular weight excluding hydrogens is 313 g/mol. The van der Waals surface area contributed by atoms with E-state index in [-0.39, 0.29) is 5.91 Å². The number of hydrogen-bond acceptors (Lipinski definition) is 3. The van der Waals surface area contributed by atoms with E-state index in [1.807, 2.05) is 30.5 Å². The summed E-state index contributed by atoms with van der Waals surface area (Å²) in [5.41, 5.74) is 1.14. The van der Waals surface area contributed by atoms with Gasteiger partial charge >= 0.3 is 0 Å². The molecule has 0 fully saturated rings. The molecule has 0 spiro atoms. The van der Waals surface area contributed by atoms with Crippen molar-refractivity contribution in [2.45, 2.75) is 20.0 Å². The van der Waals surface area contributed by atoms with Crippen molar-refractivity contribution in [3.8, 4) is 0 Å². The fourth-order valence-electron chi connectivity index (χ4n) is 2.38. The van der Waals surface area contributed by atoms with E-state index in [0.717, 1.165) is 10.4 Å². The van der Waals surface area contributed by atoms with Crippen molar-refractivity contribution in [2.24, 2.45) is 0 Å². The van der Waals surface area contributed by atoms with Crippen LogP contribution in [0.2, 0.25) is 0 Å². The number of benzene rings is 1. The summed E-state index contributed by atoms with van der Waals surface area (Å²) in [5.74, 6) is 0.0868. The first-order valence-electron chi connectivity index (χ1n) is 7.23. The van der Waals surface area contributed by atoms with Crippen molar-refractivity contribution in [3.05, 3.63) is 81.7 Å². The molecule has 0 aliphatic heterocycles. The third-order valence-electron chi connectivity index (χ3n) is 3.57. The number of thiophene rings is 1. The van der Waals surface area contributed by atoms with E-state index in [2.05, 4.69) is 0 Å². The van der Waals surface area contributed by atoms with Gasteiger partial charge < -0.3 is 9.32 Å². The third kappa shape index (κ3) is 3.68. The van der Waals surface area contributed by atoms with Crippen LogP contribution in [0.25, 0.3) is 0 Å². The van der Waals surface area contributed by atoms with Crippen molar-refractivity contribution < 1.29 is 13.6 Å². The largest absolute Gasteiger partial charge is 0.467 e. The number of aryl methyl sites for hydroxylation is 1. The highest BCUT2D eigenvalue weighted by atomic mass is 32.1. The van der Waals surface area contributed by atoms with Crippen LogP contribution in [0.3, 0.4) is 0 Å². The Labute approximate surface area is 138 Å². The fraction of sp³-hybridized carbons (Fsp3) is 0.167. The predicted octanol–water partition coefficient (Wildman–Crippen LogP) is 4.63. The lowest BCUT2D eigenvalue weighted by Gasteiger charge is -2.22. The molecule has 3 rings (SSSR count). The molecule has 0 aliphatic carbocycles. The summed E-state index contributed by atoms with van der Waals surface area (Å²) < 4.78 is 18.9. The number of furan rings is 1. The van der Waals surface area contributed by atoms with Gasteiger partial charge in [0.1, 0.15) is 11.6 Å². The lowest BCUT2D eigenvalue weighted by atomic mass is 10.1. The highest BCUT2D eigenvalue weighted by Gasteiger charge is 2.20. The van der Waals surface area contributed by atoms with Gasteiger partial charge in [-0.15, -0.1) is 11.3 Å². The second kappa shape index (κ2) is 6.79. The third-order valence-corrected chi connectivity index (χ3v) is 4.43. The molecule has 0 radical (unpaired) electrons. The van der Waals surface area contributed by atoms with Crippen LogP contribution >= 0.6 is 11.3 Å². The van der Waals surface area contributed by atoms with Gasteiger partial charge in [0.15, 0.2) is 0 Å². The Morgan fingerprint density at radius 1 is 1.22 bits per heavy atom. The van der Waals surface area contributed by atoms with Gasteiger partial charge in [-0.1, -0.05) is 12.1 Å². The normalized spacial score (nSPS) is 10.7. The molecule has 118 valence electrons. The van der Waals surface area contributed by atoms with E-state index in [1.165, 1.54) is 12.1 Å². The molecule has 0 N–H and O–H groups in total. The van der Waals surface area contributed by atoms with Gasteiger partial charge in [0.05, 0.1) is 19.4 Å². The van der Waals surface area contributed by atoms with Crippen LogP contribution in [-0.2, 0) is 13.1 Å². The summed E-state index contributed by atoms with van der Waals surface area (Å²) in [4.78, 5) is 15.6. The molecular formula is C18H16FNO2S. The van der Waals surface area contributed by atoms with Crippen molar-refractivity contribution in [1.29, 1.82) is 0 Å². The number of nitrogens with zero attached hydrogens (tertiary/aromatic N) is 1. The first-order chi connectivity index (χ1) is 11.1. The molecule has 0 saturated carbocycles. The smallest absolute Gasteiger partial charge is 0.254 e. The summed E-state index contributed by atoms with van der Waals surface area (Å²) in [6.45, 7) is 2.62. The summed E-state index contributed by atoms with van der Waals surface area (Å²) in [6.07, 6.45) is 1.58. The van der Waals surface area contributed by atoms with E-state index in [4.69, 9.17) is 4.42 Å². The zero-order valence-corrected chi connectivity index (χ0v) is 13.5. The highest BCUT2D eigenvalue weighted by Crippen LogP contribution is 2.19. The molecule has 5 heteroatoms. The maximum Gasteiger partial charge on any atom is 0.254 e. The molecule has 1 aromatic carbocycles. The molecule has 0 saturated heterocycles. The van der Waals surface area contributed by atoms with Crippen LogP contribution in [0.1, 0.15) is 26.6 Å². The van der Waals surface area contributed by atoms with Gasteiger partial charge in [-0.3, -0.25) is 4.79 Å². The second-order valence-electron chi connectivity index (χ2n) is 5.28. The Kier molecular flexibility index (Phi) is 4.57.